The number of hydrogen-bond donors (Lipinski definition) is 3. The Morgan fingerprint density at radius 3 is 2.33 bits per heavy atom. The van der Waals surface area contributed by atoms with Gasteiger partial charge in [0.05, 0.1) is 17.4 Å². The number of carbonyl (C=O) groups is 3. The number of amides is 3. The lowest BCUT2D eigenvalue weighted by atomic mass is 9.62. The molecular formula is C30H36ClN3O5. The van der Waals surface area contributed by atoms with E-state index in [4.69, 9.17) is 21.4 Å². The molecule has 3 saturated heterocycles. The van der Waals surface area contributed by atoms with Gasteiger partial charge in [-0.3, -0.25) is 14.4 Å². The van der Waals surface area contributed by atoms with Crippen LogP contribution in [0.4, 0.5) is 11.4 Å². The van der Waals surface area contributed by atoms with Crippen LogP contribution in [-0.2, 0) is 19.1 Å². The molecule has 3 fully saturated rings. The van der Waals surface area contributed by atoms with Gasteiger partial charge in [-0.1, -0.05) is 49.6 Å². The lowest BCUT2D eigenvalue weighted by Crippen LogP contribution is -2.54. The van der Waals surface area contributed by atoms with E-state index in [-0.39, 0.29) is 30.2 Å². The molecule has 9 heteroatoms. The van der Waals surface area contributed by atoms with Gasteiger partial charge in [0.2, 0.25) is 17.7 Å². The molecule has 39 heavy (non-hydrogen) atoms. The number of aliphatic hydroxyl groups excluding tert-OH is 1. The number of benzene rings is 2. The van der Waals surface area contributed by atoms with Crippen molar-refractivity contribution in [3.05, 3.63) is 59.6 Å². The van der Waals surface area contributed by atoms with Gasteiger partial charge in [0.25, 0.3) is 0 Å². The third kappa shape index (κ3) is 4.83. The fourth-order valence-corrected chi connectivity index (χ4v) is 7.04. The molecule has 2 aromatic rings. The fraction of sp³-hybridized carbons (Fsp3) is 0.500. The van der Waals surface area contributed by atoms with Crippen molar-refractivity contribution in [2.45, 2.75) is 63.2 Å². The number of aliphatic hydroxyl groups is 1. The lowest BCUT2D eigenvalue weighted by molar-refractivity contribution is -0.144. The van der Waals surface area contributed by atoms with E-state index in [1.165, 1.54) is 0 Å². The zero-order valence-electron chi connectivity index (χ0n) is 22.4. The van der Waals surface area contributed by atoms with E-state index in [9.17, 15) is 14.4 Å². The number of hydrogen-bond acceptors (Lipinski definition) is 5. The SMILES string of the molecule is CC1CC23O[C@]1(C)[C@@H](C(=O)Nc1ccccc1)[C@H]2C(=O)N(CCCCCCO)C3C(=O)Nc1ccc(Cl)cc1. The number of para-hydroxylation sites is 1. The smallest absolute Gasteiger partial charge is 0.250 e. The van der Waals surface area contributed by atoms with Gasteiger partial charge in [0.1, 0.15) is 11.6 Å². The Morgan fingerprint density at radius 1 is 1.00 bits per heavy atom. The molecular weight excluding hydrogens is 518 g/mol. The number of fused-ring (bicyclic) bond motifs is 1. The summed E-state index contributed by atoms with van der Waals surface area (Å²) in [5, 5.41) is 15.6. The van der Waals surface area contributed by atoms with Gasteiger partial charge in [-0.25, -0.2) is 0 Å². The monoisotopic (exact) mass is 553 g/mol. The summed E-state index contributed by atoms with van der Waals surface area (Å²) in [5.74, 6) is -2.35. The summed E-state index contributed by atoms with van der Waals surface area (Å²) in [6, 6.07) is 15.1. The summed E-state index contributed by atoms with van der Waals surface area (Å²) >= 11 is 6.03. The zero-order chi connectivity index (χ0) is 27.8. The number of nitrogens with zero attached hydrogens (tertiary/aromatic N) is 1. The van der Waals surface area contributed by atoms with Gasteiger partial charge in [0.15, 0.2) is 0 Å². The van der Waals surface area contributed by atoms with E-state index in [0.717, 1.165) is 12.8 Å². The Kier molecular flexibility index (Phi) is 7.73. The van der Waals surface area contributed by atoms with E-state index >= 15 is 0 Å². The van der Waals surface area contributed by atoms with E-state index in [1.54, 1.807) is 29.2 Å². The highest BCUT2D eigenvalue weighted by Crippen LogP contribution is 2.65. The highest BCUT2D eigenvalue weighted by molar-refractivity contribution is 6.30. The molecule has 3 aliphatic rings. The van der Waals surface area contributed by atoms with Crippen LogP contribution in [0.5, 0.6) is 0 Å². The number of carbonyl (C=O) groups excluding carboxylic acids is 3. The number of rotatable bonds is 10. The van der Waals surface area contributed by atoms with Crippen LogP contribution in [0, 0.1) is 17.8 Å². The van der Waals surface area contributed by atoms with Gasteiger partial charge < -0.3 is 25.4 Å². The molecule has 0 aliphatic carbocycles. The van der Waals surface area contributed by atoms with Gasteiger partial charge in [-0.15, -0.1) is 0 Å². The predicted octanol–water partition coefficient (Wildman–Crippen LogP) is 4.48. The second-order valence-corrected chi connectivity index (χ2v) is 11.7. The average Bonchev–Trinajstić information content (AvgIpc) is 3.42. The number of likely N-dealkylation sites (tertiary alicyclic amines) is 1. The van der Waals surface area contributed by atoms with Crippen LogP contribution in [0.25, 0.3) is 0 Å². The molecule has 6 atom stereocenters. The maximum atomic E-state index is 14.1. The van der Waals surface area contributed by atoms with E-state index < -0.39 is 29.1 Å². The third-order valence-electron chi connectivity index (χ3n) is 8.81. The van der Waals surface area contributed by atoms with E-state index in [0.29, 0.717) is 42.2 Å². The molecule has 3 N–H and O–H groups in total. The summed E-state index contributed by atoms with van der Waals surface area (Å²) in [5.41, 5.74) is -0.764. The molecule has 2 bridgehead atoms. The van der Waals surface area contributed by atoms with Crippen molar-refractivity contribution in [2.24, 2.45) is 17.8 Å². The second-order valence-electron chi connectivity index (χ2n) is 11.2. The van der Waals surface area contributed by atoms with Gasteiger partial charge in [-0.05, 0) is 68.5 Å². The number of halogens is 1. The molecule has 2 aromatic carbocycles. The normalized spacial score (nSPS) is 30.9. The maximum absolute atomic E-state index is 14.1. The highest BCUT2D eigenvalue weighted by atomic mass is 35.5. The summed E-state index contributed by atoms with van der Waals surface area (Å²) < 4.78 is 6.75. The Hall–Kier alpha value is -2.94. The molecule has 0 saturated carbocycles. The maximum Gasteiger partial charge on any atom is 0.250 e. The molecule has 3 unspecified atom stereocenters. The first-order chi connectivity index (χ1) is 18.7. The topological polar surface area (TPSA) is 108 Å². The van der Waals surface area contributed by atoms with Crippen molar-refractivity contribution in [3.8, 4) is 0 Å². The van der Waals surface area contributed by atoms with Gasteiger partial charge >= 0.3 is 0 Å². The summed E-state index contributed by atoms with van der Waals surface area (Å²) in [6.45, 7) is 4.44. The summed E-state index contributed by atoms with van der Waals surface area (Å²) in [7, 11) is 0. The second kappa shape index (κ2) is 10.9. The molecule has 0 radical (unpaired) electrons. The zero-order valence-corrected chi connectivity index (χ0v) is 23.1. The lowest BCUT2D eigenvalue weighted by Gasteiger charge is -2.36. The van der Waals surface area contributed by atoms with Crippen LogP contribution in [0.15, 0.2) is 54.6 Å². The first-order valence-electron chi connectivity index (χ1n) is 13.7. The molecule has 1 spiro atoms. The predicted molar refractivity (Wildman–Crippen MR) is 149 cm³/mol. The van der Waals surface area contributed by atoms with Gasteiger partial charge in [0, 0.05) is 29.5 Å². The number of unbranched alkanes of at least 4 members (excludes halogenated alkanes) is 3. The van der Waals surface area contributed by atoms with Crippen molar-refractivity contribution >= 4 is 40.7 Å². The third-order valence-corrected chi connectivity index (χ3v) is 9.06. The molecule has 3 amide bonds. The van der Waals surface area contributed by atoms with Crippen molar-refractivity contribution in [1.82, 2.24) is 4.90 Å². The van der Waals surface area contributed by atoms with E-state index in [2.05, 4.69) is 10.6 Å². The first kappa shape index (κ1) is 27.6. The minimum atomic E-state index is -1.11. The van der Waals surface area contributed by atoms with Crippen LogP contribution in [-0.4, -0.2) is 58.1 Å². The molecule has 5 rings (SSSR count). The van der Waals surface area contributed by atoms with Crippen LogP contribution in [0.1, 0.15) is 46.0 Å². The molecule has 3 heterocycles. The standard InChI is InChI=1S/C30H36ClN3O5/c1-19-18-30-24(23(29(19,2)39-30)26(36)32-21-10-6-5-7-11-21)28(38)34(16-8-3-4-9-17-35)25(30)27(37)33-22-14-12-20(31)13-15-22/h5-7,10-15,19,23-25,35H,3-4,8-9,16-18H2,1-2H3,(H,32,36)(H,33,37)/t19?,23-,24+,25?,29+,30?/m1/s1. The number of anilines is 2. The first-order valence-corrected chi connectivity index (χ1v) is 14.1. The average molecular weight is 554 g/mol. The molecule has 208 valence electrons. The van der Waals surface area contributed by atoms with Crippen molar-refractivity contribution in [2.75, 3.05) is 23.8 Å². The quantitative estimate of drug-likeness (QED) is 0.376. The summed E-state index contributed by atoms with van der Waals surface area (Å²) in [6.07, 6.45) is 3.55. The van der Waals surface area contributed by atoms with Crippen molar-refractivity contribution in [1.29, 1.82) is 0 Å². The Labute approximate surface area is 234 Å². The largest absolute Gasteiger partial charge is 0.396 e. The van der Waals surface area contributed by atoms with Crippen LogP contribution in [0.2, 0.25) is 5.02 Å². The highest BCUT2D eigenvalue weighted by Gasteiger charge is 2.79. The Bertz CT molecular complexity index is 1220. The number of ether oxygens (including phenoxy) is 1. The van der Waals surface area contributed by atoms with Crippen molar-refractivity contribution in [3.63, 3.8) is 0 Å². The Balaban J connectivity index is 1.47. The molecule has 3 aliphatic heterocycles. The summed E-state index contributed by atoms with van der Waals surface area (Å²) in [4.78, 5) is 43.5. The van der Waals surface area contributed by atoms with E-state index in [1.807, 2.05) is 44.2 Å². The van der Waals surface area contributed by atoms with Crippen LogP contribution < -0.4 is 10.6 Å². The van der Waals surface area contributed by atoms with Crippen molar-refractivity contribution < 1.29 is 24.2 Å². The van der Waals surface area contributed by atoms with Crippen LogP contribution >= 0.6 is 11.6 Å². The van der Waals surface area contributed by atoms with Gasteiger partial charge in [-0.2, -0.15) is 0 Å². The molecule has 8 nitrogen and oxygen atoms in total. The van der Waals surface area contributed by atoms with Crippen LogP contribution in [0.3, 0.4) is 0 Å². The minimum Gasteiger partial charge on any atom is -0.396 e. The number of nitrogens with one attached hydrogen (secondary N) is 2. The molecule has 0 aromatic heterocycles. The minimum absolute atomic E-state index is 0.0385. The Morgan fingerprint density at radius 2 is 1.64 bits per heavy atom. The fourth-order valence-electron chi connectivity index (χ4n) is 6.91.